The maximum atomic E-state index is 14.9. The van der Waals surface area contributed by atoms with Gasteiger partial charge in [0.15, 0.2) is 11.4 Å². The van der Waals surface area contributed by atoms with E-state index in [1.54, 1.807) is 0 Å². The van der Waals surface area contributed by atoms with Gasteiger partial charge >= 0.3 is 6.03 Å². The number of carbonyl (C=O) groups is 3. The van der Waals surface area contributed by atoms with Crippen LogP contribution in [-0.4, -0.2) is 60.7 Å². The molecule has 1 spiro atoms. The zero-order valence-electron chi connectivity index (χ0n) is 14.7. The van der Waals surface area contributed by atoms with Crippen LogP contribution in [0.5, 0.6) is 5.75 Å². The van der Waals surface area contributed by atoms with E-state index in [-0.39, 0.29) is 42.7 Å². The van der Waals surface area contributed by atoms with Gasteiger partial charge in [-0.3, -0.25) is 14.5 Å². The van der Waals surface area contributed by atoms with Crippen molar-refractivity contribution in [1.29, 1.82) is 5.26 Å². The standard InChI is InChI=1S/C18H15FN4O5/c19-10-7-14-12(21(4-3-20)16(25)18(28-14)1-2-18)8-11(10)23-15(24)13-9-27-6-5-22(13)17(23)26/h7-8,13H,1-2,4-6,9H2. The molecule has 1 atom stereocenters. The predicted molar refractivity (Wildman–Crippen MR) is 91.2 cm³/mol. The van der Waals surface area contributed by atoms with Crippen molar-refractivity contribution in [1.82, 2.24) is 4.90 Å². The van der Waals surface area contributed by atoms with Crippen molar-refractivity contribution in [2.45, 2.75) is 24.5 Å². The average Bonchev–Trinajstić information content (AvgIpc) is 3.41. The minimum absolute atomic E-state index is 0.0539. The van der Waals surface area contributed by atoms with Crippen LogP contribution < -0.4 is 14.5 Å². The lowest BCUT2D eigenvalue weighted by atomic mass is 10.1. The van der Waals surface area contributed by atoms with Gasteiger partial charge in [-0.25, -0.2) is 14.1 Å². The molecule has 1 aromatic carbocycles. The van der Waals surface area contributed by atoms with E-state index in [2.05, 4.69) is 0 Å². The van der Waals surface area contributed by atoms with Gasteiger partial charge in [-0.1, -0.05) is 0 Å². The van der Waals surface area contributed by atoms with E-state index in [9.17, 15) is 18.8 Å². The molecule has 5 rings (SSSR count). The molecule has 4 amide bonds. The monoisotopic (exact) mass is 386 g/mol. The minimum Gasteiger partial charge on any atom is -0.475 e. The van der Waals surface area contributed by atoms with Crippen molar-refractivity contribution in [3.8, 4) is 11.8 Å². The number of amides is 4. The van der Waals surface area contributed by atoms with Gasteiger partial charge < -0.3 is 14.4 Å². The molecule has 0 N–H and O–H groups in total. The summed E-state index contributed by atoms with van der Waals surface area (Å²) < 4.78 is 25.9. The van der Waals surface area contributed by atoms with E-state index in [0.29, 0.717) is 19.4 Å². The smallest absolute Gasteiger partial charge is 0.332 e. The SMILES string of the molecule is N#CCN1C(=O)C2(CC2)Oc2cc(F)c(N3C(=O)C4COCCN4C3=O)cc21. The number of nitriles is 1. The number of anilines is 2. The van der Waals surface area contributed by atoms with E-state index in [1.165, 1.54) is 15.9 Å². The highest BCUT2D eigenvalue weighted by molar-refractivity contribution is 6.22. The van der Waals surface area contributed by atoms with Crippen molar-refractivity contribution in [3.63, 3.8) is 0 Å². The van der Waals surface area contributed by atoms with E-state index >= 15 is 0 Å². The lowest BCUT2D eigenvalue weighted by Crippen LogP contribution is -2.48. The Kier molecular flexibility index (Phi) is 3.42. The van der Waals surface area contributed by atoms with Crippen LogP contribution in [0.25, 0.3) is 0 Å². The molecule has 10 heteroatoms. The first kappa shape index (κ1) is 16.9. The number of hydrogen-bond acceptors (Lipinski definition) is 6. The summed E-state index contributed by atoms with van der Waals surface area (Å²) in [5.74, 6) is -1.65. The van der Waals surface area contributed by atoms with Gasteiger partial charge in [0.05, 0.1) is 30.7 Å². The van der Waals surface area contributed by atoms with Crippen molar-refractivity contribution in [2.24, 2.45) is 0 Å². The molecule has 2 saturated heterocycles. The van der Waals surface area contributed by atoms with Crippen LogP contribution in [0.2, 0.25) is 0 Å². The van der Waals surface area contributed by atoms with E-state index < -0.39 is 29.4 Å². The fraction of sp³-hybridized carbons (Fsp3) is 0.444. The van der Waals surface area contributed by atoms with Gasteiger partial charge in [-0.05, 0) is 6.07 Å². The second-order valence-corrected chi connectivity index (χ2v) is 7.16. The Morgan fingerprint density at radius 2 is 2.04 bits per heavy atom. The highest BCUT2D eigenvalue weighted by Crippen LogP contribution is 2.50. The number of hydrogen-bond donors (Lipinski definition) is 0. The van der Waals surface area contributed by atoms with Crippen LogP contribution in [0.4, 0.5) is 20.6 Å². The van der Waals surface area contributed by atoms with Gasteiger partial charge in [-0.15, -0.1) is 0 Å². The third kappa shape index (κ3) is 2.16. The van der Waals surface area contributed by atoms with Gasteiger partial charge in [0, 0.05) is 25.5 Å². The van der Waals surface area contributed by atoms with Gasteiger partial charge in [0.25, 0.3) is 11.8 Å². The zero-order valence-corrected chi connectivity index (χ0v) is 14.7. The Morgan fingerprint density at radius 1 is 1.25 bits per heavy atom. The third-order valence-corrected chi connectivity index (χ3v) is 5.50. The van der Waals surface area contributed by atoms with Crippen molar-refractivity contribution in [3.05, 3.63) is 17.9 Å². The Hall–Kier alpha value is -3.19. The molecule has 0 bridgehead atoms. The number of halogens is 1. The van der Waals surface area contributed by atoms with Crippen molar-refractivity contribution < 1.29 is 28.2 Å². The normalized spacial score (nSPS) is 24.8. The fourth-order valence-corrected chi connectivity index (χ4v) is 3.89. The number of fused-ring (bicyclic) bond motifs is 2. The van der Waals surface area contributed by atoms with Gasteiger partial charge in [0.1, 0.15) is 18.3 Å². The molecule has 144 valence electrons. The third-order valence-electron chi connectivity index (χ3n) is 5.50. The van der Waals surface area contributed by atoms with E-state index in [4.69, 9.17) is 14.7 Å². The highest BCUT2D eigenvalue weighted by atomic mass is 19.1. The van der Waals surface area contributed by atoms with Crippen LogP contribution in [-0.2, 0) is 14.3 Å². The van der Waals surface area contributed by atoms with Gasteiger partial charge in [-0.2, -0.15) is 5.26 Å². The van der Waals surface area contributed by atoms with E-state index in [0.717, 1.165) is 11.0 Å². The first-order chi connectivity index (χ1) is 13.5. The second kappa shape index (κ2) is 5.65. The second-order valence-electron chi connectivity index (χ2n) is 7.16. The number of morpholine rings is 1. The summed E-state index contributed by atoms with van der Waals surface area (Å²) in [5, 5.41) is 9.11. The number of imide groups is 1. The summed E-state index contributed by atoms with van der Waals surface area (Å²) in [5.41, 5.74) is -1.13. The number of carbonyl (C=O) groups excluding carboxylic acids is 3. The highest BCUT2D eigenvalue weighted by Gasteiger charge is 2.58. The molecular formula is C18H15FN4O5. The Labute approximate surface area is 158 Å². The fourth-order valence-electron chi connectivity index (χ4n) is 3.89. The maximum Gasteiger partial charge on any atom is 0.332 e. The number of urea groups is 1. The molecule has 3 heterocycles. The lowest BCUT2D eigenvalue weighted by Gasteiger charge is -2.34. The van der Waals surface area contributed by atoms with Crippen LogP contribution in [0.3, 0.4) is 0 Å². The average molecular weight is 386 g/mol. The zero-order chi connectivity index (χ0) is 19.6. The van der Waals surface area contributed by atoms with Crippen LogP contribution in [0.15, 0.2) is 12.1 Å². The maximum absolute atomic E-state index is 14.9. The van der Waals surface area contributed by atoms with Crippen LogP contribution in [0.1, 0.15) is 12.8 Å². The molecule has 4 aliphatic rings. The predicted octanol–water partition coefficient (Wildman–Crippen LogP) is 0.775. The summed E-state index contributed by atoms with van der Waals surface area (Å²) in [6, 6.07) is 2.79. The molecule has 0 radical (unpaired) electrons. The number of ether oxygens (including phenoxy) is 2. The molecule has 1 aliphatic carbocycles. The summed E-state index contributed by atoms with van der Waals surface area (Å²) in [6.07, 6.45) is 0.993. The first-order valence-electron chi connectivity index (χ1n) is 8.91. The molecule has 3 fully saturated rings. The first-order valence-corrected chi connectivity index (χ1v) is 8.91. The topological polar surface area (TPSA) is 103 Å². The minimum atomic E-state index is -1.03. The molecule has 1 unspecified atom stereocenters. The van der Waals surface area contributed by atoms with E-state index in [1.807, 2.05) is 6.07 Å². The molecule has 0 aromatic heterocycles. The Balaban J connectivity index is 1.59. The molecule has 1 aromatic rings. The molecule has 9 nitrogen and oxygen atoms in total. The molecular weight excluding hydrogens is 371 g/mol. The van der Waals surface area contributed by atoms with Crippen LogP contribution >= 0.6 is 0 Å². The number of rotatable bonds is 2. The largest absolute Gasteiger partial charge is 0.475 e. The van der Waals surface area contributed by atoms with Crippen molar-refractivity contribution >= 4 is 29.2 Å². The Morgan fingerprint density at radius 3 is 2.71 bits per heavy atom. The van der Waals surface area contributed by atoms with Crippen molar-refractivity contribution in [2.75, 3.05) is 36.1 Å². The summed E-state index contributed by atoms with van der Waals surface area (Å²) in [6.45, 7) is 0.351. The molecule has 3 aliphatic heterocycles. The number of nitrogens with zero attached hydrogens (tertiary/aromatic N) is 4. The summed E-state index contributed by atoms with van der Waals surface area (Å²) in [7, 11) is 0. The molecule has 1 saturated carbocycles. The summed E-state index contributed by atoms with van der Waals surface area (Å²) >= 11 is 0. The Bertz CT molecular complexity index is 945. The lowest BCUT2D eigenvalue weighted by molar-refractivity contribution is -0.128. The van der Waals surface area contributed by atoms with Gasteiger partial charge in [0.2, 0.25) is 0 Å². The quantitative estimate of drug-likeness (QED) is 0.550. The summed E-state index contributed by atoms with van der Waals surface area (Å²) in [4.78, 5) is 41.4. The van der Waals surface area contributed by atoms with Crippen LogP contribution in [0, 0.1) is 17.1 Å². The molecule has 28 heavy (non-hydrogen) atoms. The number of benzene rings is 1.